The maximum absolute atomic E-state index is 12.2. The van der Waals surface area contributed by atoms with Crippen LogP contribution in [0.2, 0.25) is 0 Å². The molecule has 0 aliphatic heterocycles. The minimum absolute atomic E-state index is 0.140. The van der Waals surface area contributed by atoms with Gasteiger partial charge in [0.1, 0.15) is 4.90 Å². The van der Waals surface area contributed by atoms with Gasteiger partial charge in [-0.25, -0.2) is 0 Å². The monoisotopic (exact) mass is 470 g/mol. The second kappa shape index (κ2) is 12.2. The zero-order chi connectivity index (χ0) is 22.7. The lowest BCUT2D eigenvalue weighted by molar-refractivity contribution is -0.0956. The van der Waals surface area contributed by atoms with Crippen LogP contribution in [0.5, 0.6) is 5.75 Å². The van der Waals surface area contributed by atoms with Gasteiger partial charge in [-0.1, -0.05) is 86.5 Å². The van der Waals surface area contributed by atoms with Crippen molar-refractivity contribution in [3.8, 4) is 5.75 Å². The summed E-state index contributed by atoms with van der Waals surface area (Å²) in [6.07, 6.45) is 9.14. The molecule has 31 heavy (non-hydrogen) atoms. The summed E-state index contributed by atoms with van der Waals surface area (Å²) in [6, 6.07) is 11.7. The maximum Gasteiger partial charge on any atom is 0.332 e. The molecule has 0 aliphatic rings. The van der Waals surface area contributed by atoms with Crippen LogP contribution in [0, 0.1) is 0 Å². The number of hydrogen-bond acceptors (Lipinski definition) is 6. The fourth-order valence-electron chi connectivity index (χ4n) is 3.27. The van der Waals surface area contributed by atoms with Gasteiger partial charge in [0, 0.05) is 0 Å². The first kappa shape index (κ1) is 25.3. The van der Waals surface area contributed by atoms with Crippen LogP contribution in [0.4, 0.5) is 0 Å². The van der Waals surface area contributed by atoms with Crippen LogP contribution in [0.15, 0.2) is 58.3 Å². The van der Waals surface area contributed by atoms with E-state index < -0.39 is 25.1 Å². The van der Waals surface area contributed by atoms with Crippen molar-refractivity contribution >= 4 is 20.2 Å². The van der Waals surface area contributed by atoms with E-state index in [1.807, 2.05) is 0 Å². The van der Waals surface area contributed by atoms with Crippen molar-refractivity contribution in [2.24, 2.45) is 0 Å². The first-order chi connectivity index (χ1) is 14.8. The molecule has 0 bridgehead atoms. The highest BCUT2D eigenvalue weighted by Gasteiger charge is 2.24. The van der Waals surface area contributed by atoms with Crippen LogP contribution in [0.3, 0.4) is 0 Å². The molecule has 0 saturated carbocycles. The largest absolute Gasteiger partial charge is 0.332 e. The first-order valence-electron chi connectivity index (χ1n) is 10.5. The van der Waals surface area contributed by atoms with Gasteiger partial charge in [-0.3, -0.25) is 4.55 Å². The lowest BCUT2D eigenvalue weighted by atomic mass is 10.0. The summed E-state index contributed by atoms with van der Waals surface area (Å²) in [7, 11) is -8.92. The van der Waals surface area contributed by atoms with E-state index >= 15 is 0 Å². The molecular formula is C22H30O7S2. The van der Waals surface area contributed by atoms with Crippen molar-refractivity contribution in [1.82, 2.24) is 0 Å². The van der Waals surface area contributed by atoms with E-state index in [9.17, 15) is 21.4 Å². The topological polar surface area (TPSA) is 107 Å². The number of unbranched alkanes of at least 4 members (excludes halogenated alkanes) is 7. The number of hydrogen-bond donors (Lipinski definition) is 1. The van der Waals surface area contributed by atoms with E-state index in [1.165, 1.54) is 62.1 Å². The smallest absolute Gasteiger partial charge is 0.319 e. The summed E-state index contributed by atoms with van der Waals surface area (Å²) in [6.45, 7) is 2.17. The summed E-state index contributed by atoms with van der Waals surface area (Å²) < 4.78 is 62.7. The molecule has 0 atom stereocenters. The van der Waals surface area contributed by atoms with Crippen LogP contribution in [-0.4, -0.2) is 21.4 Å². The Kier molecular flexibility index (Phi) is 9.95. The number of rotatable bonds is 14. The molecule has 0 aromatic heterocycles. The van der Waals surface area contributed by atoms with E-state index in [-0.39, 0.29) is 10.6 Å². The zero-order valence-corrected chi connectivity index (χ0v) is 19.3. The van der Waals surface area contributed by atoms with Gasteiger partial charge in [-0.05, 0) is 36.6 Å². The molecule has 0 aliphatic carbocycles. The van der Waals surface area contributed by atoms with Gasteiger partial charge in [0.25, 0.3) is 10.1 Å². The van der Waals surface area contributed by atoms with Gasteiger partial charge in [-0.15, -0.1) is 0 Å². The molecule has 0 heterocycles. The van der Waals surface area contributed by atoms with Crippen molar-refractivity contribution < 1.29 is 30.6 Å². The Morgan fingerprint density at radius 2 is 1.39 bits per heavy atom. The molecule has 9 heteroatoms. The minimum atomic E-state index is -4.65. The van der Waals surface area contributed by atoms with Gasteiger partial charge in [0.2, 0.25) is 0 Å². The van der Waals surface area contributed by atoms with Crippen LogP contribution in [0.1, 0.15) is 63.9 Å². The average molecular weight is 471 g/mol. The van der Waals surface area contributed by atoms with E-state index in [0.29, 0.717) is 12.0 Å². The second-order valence-corrected chi connectivity index (χ2v) is 10.2. The molecule has 172 valence electrons. The molecule has 0 fully saturated rings. The van der Waals surface area contributed by atoms with E-state index in [2.05, 4.69) is 11.3 Å². The molecule has 1 N–H and O–H groups in total. The predicted octanol–water partition coefficient (Wildman–Crippen LogP) is 5.32. The van der Waals surface area contributed by atoms with Gasteiger partial charge < -0.3 is 4.89 Å². The molecule has 2 aromatic carbocycles. The van der Waals surface area contributed by atoms with Crippen molar-refractivity contribution in [1.29, 1.82) is 0 Å². The molecule has 7 nitrogen and oxygen atoms in total. The Labute approximate surface area is 185 Å². The molecule has 0 spiro atoms. The third-order valence-corrected chi connectivity index (χ3v) is 6.94. The van der Waals surface area contributed by atoms with Crippen LogP contribution < -0.4 is 4.89 Å². The van der Waals surface area contributed by atoms with Crippen LogP contribution in [0.25, 0.3) is 0 Å². The van der Waals surface area contributed by atoms with Crippen molar-refractivity contribution in [2.45, 2.75) is 74.5 Å². The second-order valence-electron chi connectivity index (χ2n) is 7.36. The van der Waals surface area contributed by atoms with Crippen molar-refractivity contribution in [2.75, 3.05) is 0 Å². The highest BCUT2D eigenvalue weighted by Crippen LogP contribution is 2.30. The van der Waals surface area contributed by atoms with Crippen LogP contribution >= 0.6 is 0 Å². The Bertz CT molecular complexity index is 1020. The zero-order valence-electron chi connectivity index (χ0n) is 17.7. The lowest BCUT2D eigenvalue weighted by Crippen LogP contribution is -2.12. The summed E-state index contributed by atoms with van der Waals surface area (Å²) in [4.78, 5) is 4.27. The highest BCUT2D eigenvalue weighted by molar-refractivity contribution is 7.86. The van der Waals surface area contributed by atoms with E-state index in [1.54, 1.807) is 12.1 Å². The summed E-state index contributed by atoms with van der Waals surface area (Å²) in [5.41, 5.74) is 0.353. The third-order valence-electron chi connectivity index (χ3n) is 4.86. The Morgan fingerprint density at radius 1 is 0.774 bits per heavy atom. The SMILES string of the molecule is CCCCCCCCCCc1cccc(OOS(=O)(=O)c2ccccc2)c1S(=O)(=O)O. The normalized spacial score (nSPS) is 12.1. The average Bonchev–Trinajstić information content (AvgIpc) is 2.74. The fourth-order valence-corrected chi connectivity index (χ4v) is 4.86. The number of aryl methyl sites for hydroxylation is 1. The third kappa shape index (κ3) is 8.25. The van der Waals surface area contributed by atoms with Crippen molar-refractivity contribution in [3.63, 3.8) is 0 Å². The predicted molar refractivity (Wildman–Crippen MR) is 118 cm³/mol. The highest BCUT2D eigenvalue weighted by atomic mass is 32.2. The standard InChI is InChI=1S/C22H30O7S2/c1-2-3-4-5-6-7-8-10-14-19-15-13-18-21(22(19)30(23,24)25)28-29-31(26,27)20-16-11-9-12-17-20/h9,11-13,15-18H,2-8,10,14H2,1H3,(H,23,24,25). The Morgan fingerprint density at radius 3 is 2.00 bits per heavy atom. The summed E-state index contributed by atoms with van der Waals surface area (Å²) in [5.74, 6) is -0.376. The van der Waals surface area contributed by atoms with Gasteiger partial charge >= 0.3 is 10.1 Å². The molecule has 0 amide bonds. The van der Waals surface area contributed by atoms with Gasteiger partial charge in [0.05, 0.1) is 4.90 Å². The Balaban J connectivity index is 2.04. The molecule has 2 aromatic rings. The maximum atomic E-state index is 12.2. The molecule has 2 rings (SSSR count). The first-order valence-corrected chi connectivity index (χ1v) is 13.4. The van der Waals surface area contributed by atoms with Gasteiger partial charge in [0.15, 0.2) is 5.75 Å². The van der Waals surface area contributed by atoms with Crippen molar-refractivity contribution in [3.05, 3.63) is 54.1 Å². The summed E-state index contributed by atoms with van der Waals surface area (Å²) in [5, 5.41) is 0. The summed E-state index contributed by atoms with van der Waals surface area (Å²) >= 11 is 0. The molecule has 0 unspecified atom stereocenters. The van der Waals surface area contributed by atoms with Gasteiger partial charge in [-0.2, -0.15) is 16.8 Å². The Hall–Kier alpha value is -1.94. The fraction of sp³-hybridized carbons (Fsp3) is 0.455. The molecule has 0 saturated heterocycles. The molecular weight excluding hydrogens is 440 g/mol. The molecule has 0 radical (unpaired) electrons. The lowest BCUT2D eigenvalue weighted by Gasteiger charge is -2.12. The quantitative estimate of drug-likeness (QED) is 0.172. The van der Waals surface area contributed by atoms with E-state index in [4.69, 9.17) is 4.89 Å². The minimum Gasteiger partial charge on any atom is -0.319 e. The number of benzene rings is 2. The van der Waals surface area contributed by atoms with E-state index in [0.717, 1.165) is 25.7 Å². The van der Waals surface area contributed by atoms with Crippen LogP contribution in [-0.2, 0) is 31.0 Å².